The number of pyridine rings is 1. The lowest BCUT2D eigenvalue weighted by molar-refractivity contribution is -0.276. The van der Waals surface area contributed by atoms with Crippen LogP contribution in [0.25, 0.3) is 0 Å². The number of hydrogen-bond acceptors (Lipinski definition) is 5. The number of aromatic nitrogens is 1. The van der Waals surface area contributed by atoms with Gasteiger partial charge in [0.2, 0.25) is 5.88 Å². The number of aromatic hydroxyl groups is 1. The van der Waals surface area contributed by atoms with E-state index in [1.54, 1.807) is 6.92 Å². The fourth-order valence-electron chi connectivity index (χ4n) is 1.37. The van der Waals surface area contributed by atoms with Gasteiger partial charge in [-0.2, -0.15) is 0 Å². The van der Waals surface area contributed by atoms with Gasteiger partial charge in [-0.3, -0.25) is 4.79 Å². The molecule has 0 aliphatic carbocycles. The summed E-state index contributed by atoms with van der Waals surface area (Å²) in [4.78, 5) is 14.7. The Morgan fingerprint density at radius 1 is 1.47 bits per heavy atom. The van der Waals surface area contributed by atoms with E-state index in [2.05, 4.69) is 14.5 Å². The molecule has 0 spiro atoms. The lowest BCUT2D eigenvalue weighted by Crippen LogP contribution is -2.18. The van der Waals surface area contributed by atoms with Crippen LogP contribution in [0.1, 0.15) is 18.2 Å². The number of esters is 1. The molecule has 0 atom stereocenters. The molecule has 5 nitrogen and oxygen atoms in total. The molecule has 0 radical (unpaired) electrons. The number of carbonyl (C=O) groups is 1. The Morgan fingerprint density at radius 2 is 2.11 bits per heavy atom. The van der Waals surface area contributed by atoms with Crippen molar-refractivity contribution < 1.29 is 32.5 Å². The van der Waals surface area contributed by atoms with Crippen molar-refractivity contribution in [2.75, 3.05) is 6.61 Å². The maximum atomic E-state index is 12.1. The van der Waals surface area contributed by atoms with Crippen LogP contribution in [0, 0.1) is 6.92 Å². The van der Waals surface area contributed by atoms with Gasteiger partial charge < -0.3 is 14.6 Å². The summed E-state index contributed by atoms with van der Waals surface area (Å²) in [5.74, 6) is -1.76. The number of alkyl halides is 3. The molecule has 0 aromatic carbocycles. The van der Waals surface area contributed by atoms with Crippen molar-refractivity contribution in [2.45, 2.75) is 26.6 Å². The van der Waals surface area contributed by atoms with Crippen molar-refractivity contribution in [3.8, 4) is 11.6 Å². The maximum Gasteiger partial charge on any atom is 0.574 e. The zero-order valence-electron chi connectivity index (χ0n) is 10.2. The molecule has 1 rings (SSSR count). The Morgan fingerprint density at radius 3 is 2.63 bits per heavy atom. The Labute approximate surface area is 107 Å². The van der Waals surface area contributed by atoms with Gasteiger partial charge in [0.15, 0.2) is 0 Å². The van der Waals surface area contributed by atoms with Gasteiger partial charge in [-0.05, 0) is 13.8 Å². The highest BCUT2D eigenvalue weighted by Gasteiger charge is 2.32. The predicted molar refractivity (Wildman–Crippen MR) is 57.7 cm³/mol. The van der Waals surface area contributed by atoms with Crippen LogP contribution in [0.15, 0.2) is 6.07 Å². The average Bonchev–Trinajstić information content (AvgIpc) is 2.23. The number of rotatable bonds is 4. The zero-order chi connectivity index (χ0) is 14.6. The number of carbonyl (C=O) groups excluding carboxylic acids is 1. The Bertz CT molecular complexity index is 474. The summed E-state index contributed by atoms with van der Waals surface area (Å²) in [6.45, 7) is 3.02. The third kappa shape index (κ3) is 4.65. The van der Waals surface area contributed by atoms with Crippen LogP contribution < -0.4 is 4.74 Å². The fraction of sp³-hybridized carbons (Fsp3) is 0.455. The smallest absolute Gasteiger partial charge is 0.506 e. The van der Waals surface area contributed by atoms with Crippen LogP contribution in [0.3, 0.4) is 0 Å². The molecule has 0 aliphatic heterocycles. The largest absolute Gasteiger partial charge is 0.574 e. The van der Waals surface area contributed by atoms with E-state index in [1.165, 1.54) is 6.92 Å². The summed E-state index contributed by atoms with van der Waals surface area (Å²) in [7, 11) is 0. The highest BCUT2D eigenvalue weighted by Crippen LogP contribution is 2.28. The molecule has 0 bridgehead atoms. The van der Waals surface area contributed by atoms with E-state index < -0.39 is 18.2 Å². The van der Waals surface area contributed by atoms with E-state index in [0.717, 1.165) is 6.07 Å². The highest BCUT2D eigenvalue weighted by molar-refractivity contribution is 5.73. The summed E-state index contributed by atoms with van der Waals surface area (Å²) in [6, 6.07) is 0.854. The number of aryl methyl sites for hydroxylation is 1. The van der Waals surface area contributed by atoms with Crippen LogP contribution in [-0.2, 0) is 16.0 Å². The fourth-order valence-corrected chi connectivity index (χ4v) is 1.37. The average molecular weight is 279 g/mol. The molecule has 106 valence electrons. The Balaban J connectivity index is 3.00. The monoisotopic (exact) mass is 279 g/mol. The molecule has 0 aliphatic rings. The Kier molecular flexibility index (Phi) is 4.57. The van der Waals surface area contributed by atoms with Crippen molar-refractivity contribution in [1.82, 2.24) is 4.98 Å². The summed E-state index contributed by atoms with van der Waals surface area (Å²) >= 11 is 0. The molecule has 1 N–H and O–H groups in total. The second-order valence-corrected chi connectivity index (χ2v) is 3.58. The van der Waals surface area contributed by atoms with Gasteiger partial charge in [0, 0.05) is 11.6 Å². The molecule has 1 aromatic heterocycles. The van der Waals surface area contributed by atoms with Gasteiger partial charge in [0.25, 0.3) is 0 Å². The van der Waals surface area contributed by atoms with Crippen molar-refractivity contribution in [3.05, 3.63) is 17.3 Å². The molecule has 0 saturated heterocycles. The van der Waals surface area contributed by atoms with Crippen LogP contribution in [0.2, 0.25) is 0 Å². The lowest BCUT2D eigenvalue weighted by Gasteiger charge is -2.12. The number of hydrogen-bond donors (Lipinski definition) is 1. The van der Waals surface area contributed by atoms with Crippen LogP contribution >= 0.6 is 0 Å². The molecule has 0 fully saturated rings. The van der Waals surface area contributed by atoms with Crippen molar-refractivity contribution >= 4 is 5.97 Å². The maximum absolute atomic E-state index is 12.1. The first-order valence-electron chi connectivity index (χ1n) is 5.33. The molecule has 19 heavy (non-hydrogen) atoms. The molecule has 0 amide bonds. The molecular formula is C11H12F3NO4. The molecule has 8 heteroatoms. The third-order valence-electron chi connectivity index (χ3n) is 2.08. The SMILES string of the molecule is CCOC(=O)Cc1cc(OC(F)(F)F)nc(C)c1O. The topological polar surface area (TPSA) is 68.7 Å². The minimum absolute atomic E-state index is 0.0369. The number of halogens is 3. The van der Waals surface area contributed by atoms with Crippen LogP contribution in [0.5, 0.6) is 11.6 Å². The van der Waals surface area contributed by atoms with Crippen molar-refractivity contribution in [1.29, 1.82) is 0 Å². The minimum atomic E-state index is -4.89. The first kappa shape index (κ1) is 15.1. The second kappa shape index (κ2) is 5.77. The molecule has 0 unspecified atom stereocenters. The van der Waals surface area contributed by atoms with E-state index in [9.17, 15) is 23.1 Å². The molecular weight excluding hydrogens is 267 g/mol. The Hall–Kier alpha value is -1.99. The van der Waals surface area contributed by atoms with E-state index in [4.69, 9.17) is 0 Å². The van der Waals surface area contributed by atoms with Gasteiger partial charge in [-0.25, -0.2) is 4.98 Å². The second-order valence-electron chi connectivity index (χ2n) is 3.58. The lowest BCUT2D eigenvalue weighted by atomic mass is 10.1. The van der Waals surface area contributed by atoms with Crippen molar-refractivity contribution in [2.24, 2.45) is 0 Å². The van der Waals surface area contributed by atoms with Gasteiger partial charge in [-0.1, -0.05) is 0 Å². The summed E-state index contributed by atoms with van der Waals surface area (Å²) < 4.78 is 44.5. The number of nitrogens with zero attached hydrogens (tertiary/aromatic N) is 1. The summed E-state index contributed by atoms with van der Waals surface area (Å²) in [5.41, 5.74) is -0.105. The first-order valence-corrected chi connectivity index (χ1v) is 5.33. The number of ether oxygens (including phenoxy) is 2. The van der Waals surface area contributed by atoms with Gasteiger partial charge in [0.05, 0.1) is 18.7 Å². The molecule has 1 aromatic rings. The normalized spacial score (nSPS) is 11.2. The first-order chi connectivity index (χ1) is 8.73. The third-order valence-corrected chi connectivity index (χ3v) is 2.08. The highest BCUT2D eigenvalue weighted by atomic mass is 19.4. The summed E-state index contributed by atoms with van der Waals surface area (Å²) in [6.07, 6.45) is -5.26. The van der Waals surface area contributed by atoms with Crippen LogP contribution in [0.4, 0.5) is 13.2 Å². The van der Waals surface area contributed by atoms with E-state index >= 15 is 0 Å². The van der Waals surface area contributed by atoms with Gasteiger partial charge in [0.1, 0.15) is 5.75 Å². The van der Waals surface area contributed by atoms with E-state index in [0.29, 0.717) is 0 Å². The standard InChI is InChI=1S/C11H12F3NO4/c1-3-18-9(16)5-7-4-8(19-11(12,13)14)15-6(2)10(7)17/h4,17H,3,5H2,1-2H3. The van der Waals surface area contributed by atoms with E-state index in [-0.39, 0.29) is 30.0 Å². The molecule has 1 heterocycles. The zero-order valence-corrected chi connectivity index (χ0v) is 10.2. The van der Waals surface area contributed by atoms with Crippen molar-refractivity contribution in [3.63, 3.8) is 0 Å². The minimum Gasteiger partial charge on any atom is -0.506 e. The van der Waals surface area contributed by atoms with E-state index in [1.807, 2.05) is 0 Å². The van der Waals surface area contributed by atoms with Crippen LogP contribution in [-0.4, -0.2) is 29.0 Å². The molecule has 0 saturated carbocycles. The van der Waals surface area contributed by atoms with Gasteiger partial charge in [-0.15, -0.1) is 13.2 Å². The predicted octanol–water partition coefficient (Wildman–Crippen LogP) is 2.10. The quantitative estimate of drug-likeness (QED) is 0.855. The van der Waals surface area contributed by atoms with Gasteiger partial charge >= 0.3 is 12.3 Å². The summed E-state index contributed by atoms with van der Waals surface area (Å²) in [5, 5.41) is 9.63.